The monoisotopic (exact) mass is 309 g/mol. The minimum absolute atomic E-state index is 0.0685. The van der Waals surface area contributed by atoms with Crippen LogP contribution in [0.1, 0.15) is 58.3 Å². The molecular weight excluding hydrogens is 278 g/mol. The molecule has 3 aliphatic rings. The first-order chi connectivity index (χ1) is 10.7. The van der Waals surface area contributed by atoms with Gasteiger partial charge in [-0.05, 0) is 31.6 Å². The van der Waals surface area contributed by atoms with Crippen LogP contribution in [0, 0.1) is 5.92 Å². The van der Waals surface area contributed by atoms with Crippen molar-refractivity contribution in [2.24, 2.45) is 16.6 Å². The average molecular weight is 309 g/mol. The highest BCUT2D eigenvalue weighted by molar-refractivity contribution is 5.78. The highest BCUT2D eigenvalue weighted by Gasteiger charge is 2.43. The van der Waals surface area contributed by atoms with Gasteiger partial charge in [-0.1, -0.05) is 19.8 Å². The molecule has 5 heteroatoms. The molecule has 2 saturated heterocycles. The zero-order valence-electron chi connectivity index (χ0n) is 13.9. The predicted octanol–water partition coefficient (Wildman–Crippen LogP) is 2.50. The molecule has 0 bridgehead atoms. The van der Waals surface area contributed by atoms with E-state index in [1.54, 1.807) is 0 Å². The normalized spacial score (nSPS) is 37.5. The van der Waals surface area contributed by atoms with Gasteiger partial charge in [0, 0.05) is 25.9 Å². The van der Waals surface area contributed by atoms with E-state index in [1.807, 2.05) is 0 Å². The van der Waals surface area contributed by atoms with E-state index in [4.69, 9.17) is 15.2 Å². The third-order valence-electron chi connectivity index (χ3n) is 5.34. The third-order valence-corrected chi connectivity index (χ3v) is 5.34. The molecule has 1 atom stereocenters. The van der Waals surface area contributed by atoms with Crippen molar-refractivity contribution in [3.63, 3.8) is 0 Å². The lowest BCUT2D eigenvalue weighted by atomic mass is 9.86. The van der Waals surface area contributed by atoms with Crippen molar-refractivity contribution in [1.82, 2.24) is 4.90 Å². The second-order valence-corrected chi connectivity index (χ2v) is 7.24. The molecule has 1 aliphatic carbocycles. The number of rotatable bonds is 2. The van der Waals surface area contributed by atoms with Crippen molar-refractivity contribution in [1.29, 1.82) is 0 Å². The van der Waals surface area contributed by atoms with Gasteiger partial charge in [0.15, 0.2) is 11.7 Å². The molecule has 126 valence electrons. The van der Waals surface area contributed by atoms with Crippen LogP contribution >= 0.6 is 0 Å². The van der Waals surface area contributed by atoms with Crippen LogP contribution in [0.4, 0.5) is 0 Å². The average Bonchev–Trinajstić information content (AvgIpc) is 2.74. The molecule has 1 saturated carbocycles. The van der Waals surface area contributed by atoms with Crippen LogP contribution in [-0.4, -0.2) is 49.0 Å². The minimum atomic E-state index is -0.315. The Morgan fingerprint density at radius 1 is 1.18 bits per heavy atom. The van der Waals surface area contributed by atoms with E-state index in [2.05, 4.69) is 16.8 Å². The Labute approximate surface area is 134 Å². The summed E-state index contributed by atoms with van der Waals surface area (Å²) in [5.74, 6) is 1.17. The Morgan fingerprint density at radius 2 is 1.86 bits per heavy atom. The fourth-order valence-corrected chi connectivity index (χ4v) is 3.77. The summed E-state index contributed by atoms with van der Waals surface area (Å²) in [5, 5.41) is 0. The summed E-state index contributed by atoms with van der Waals surface area (Å²) in [4.78, 5) is 6.80. The number of nitrogens with two attached hydrogens (primary N) is 1. The zero-order valence-corrected chi connectivity index (χ0v) is 13.9. The summed E-state index contributed by atoms with van der Waals surface area (Å²) in [5.41, 5.74) is 6.16. The van der Waals surface area contributed by atoms with Crippen molar-refractivity contribution >= 4 is 5.96 Å². The van der Waals surface area contributed by atoms with Gasteiger partial charge in [0.05, 0.1) is 13.2 Å². The number of hydrogen-bond donors (Lipinski definition) is 1. The number of aliphatic imine (C=N–C) groups is 1. The lowest BCUT2D eigenvalue weighted by Crippen LogP contribution is -2.39. The third kappa shape index (κ3) is 3.93. The van der Waals surface area contributed by atoms with Crippen LogP contribution in [0.5, 0.6) is 0 Å². The quantitative estimate of drug-likeness (QED) is 0.629. The first-order valence-corrected chi connectivity index (χ1v) is 9.03. The lowest BCUT2D eigenvalue weighted by Gasteiger charge is -2.34. The Kier molecular flexibility index (Phi) is 5.24. The van der Waals surface area contributed by atoms with Crippen LogP contribution in [-0.2, 0) is 9.47 Å². The molecule has 22 heavy (non-hydrogen) atoms. The number of likely N-dealkylation sites (tertiary alicyclic amines) is 1. The van der Waals surface area contributed by atoms with Gasteiger partial charge >= 0.3 is 0 Å². The maximum Gasteiger partial charge on any atom is 0.191 e. The minimum Gasteiger partial charge on any atom is -0.370 e. The molecule has 0 amide bonds. The zero-order chi connectivity index (χ0) is 15.4. The molecule has 3 rings (SSSR count). The number of nitrogens with zero attached hydrogens (tertiary/aromatic N) is 2. The highest BCUT2D eigenvalue weighted by atomic mass is 16.7. The van der Waals surface area contributed by atoms with Crippen molar-refractivity contribution in [3.8, 4) is 0 Å². The summed E-state index contributed by atoms with van der Waals surface area (Å²) in [7, 11) is 0. The van der Waals surface area contributed by atoms with E-state index >= 15 is 0 Å². The van der Waals surface area contributed by atoms with Crippen molar-refractivity contribution in [2.45, 2.75) is 70.2 Å². The standard InChI is InChI=1S/C17H31N3O2/c1-14-6-8-17(9-7-14)21-13-15(22-17)12-19-16(18)20-10-4-2-3-5-11-20/h14-15H,2-13H2,1H3,(H2,18,19). The largest absolute Gasteiger partial charge is 0.370 e. The molecule has 1 unspecified atom stereocenters. The van der Waals surface area contributed by atoms with Crippen molar-refractivity contribution < 1.29 is 9.47 Å². The molecule has 0 aromatic rings. The Morgan fingerprint density at radius 3 is 2.55 bits per heavy atom. The van der Waals surface area contributed by atoms with Crippen LogP contribution in [0.3, 0.4) is 0 Å². The first kappa shape index (κ1) is 16.1. The first-order valence-electron chi connectivity index (χ1n) is 9.03. The fraction of sp³-hybridized carbons (Fsp3) is 0.941. The highest BCUT2D eigenvalue weighted by Crippen LogP contribution is 2.39. The topological polar surface area (TPSA) is 60.1 Å². The molecule has 2 heterocycles. The molecule has 3 fully saturated rings. The van der Waals surface area contributed by atoms with Crippen LogP contribution in [0.15, 0.2) is 4.99 Å². The second-order valence-electron chi connectivity index (χ2n) is 7.24. The van der Waals surface area contributed by atoms with E-state index in [-0.39, 0.29) is 11.9 Å². The van der Waals surface area contributed by atoms with E-state index in [1.165, 1.54) is 38.5 Å². The Hall–Kier alpha value is -0.810. The van der Waals surface area contributed by atoms with Gasteiger partial charge in [-0.3, -0.25) is 4.99 Å². The van der Waals surface area contributed by atoms with Crippen molar-refractivity contribution in [2.75, 3.05) is 26.2 Å². The van der Waals surface area contributed by atoms with Gasteiger partial charge in [-0.15, -0.1) is 0 Å². The van der Waals surface area contributed by atoms with E-state index < -0.39 is 0 Å². The number of ether oxygens (including phenoxy) is 2. The van der Waals surface area contributed by atoms with E-state index in [0.29, 0.717) is 19.1 Å². The number of guanidine groups is 1. The summed E-state index contributed by atoms with van der Waals surface area (Å²) in [6, 6.07) is 0. The van der Waals surface area contributed by atoms with Gasteiger partial charge in [0.1, 0.15) is 6.10 Å². The van der Waals surface area contributed by atoms with Gasteiger partial charge in [-0.2, -0.15) is 0 Å². The summed E-state index contributed by atoms with van der Waals surface area (Å²) in [6.45, 7) is 5.68. The summed E-state index contributed by atoms with van der Waals surface area (Å²) in [6.07, 6.45) is 9.58. The van der Waals surface area contributed by atoms with Crippen molar-refractivity contribution in [3.05, 3.63) is 0 Å². The molecule has 0 radical (unpaired) electrons. The Bertz CT molecular complexity index is 383. The second kappa shape index (κ2) is 7.18. The molecule has 0 aromatic heterocycles. The predicted molar refractivity (Wildman–Crippen MR) is 87.7 cm³/mol. The summed E-state index contributed by atoms with van der Waals surface area (Å²) >= 11 is 0. The summed E-state index contributed by atoms with van der Waals surface area (Å²) < 4.78 is 12.2. The smallest absolute Gasteiger partial charge is 0.191 e. The van der Waals surface area contributed by atoms with Crippen LogP contribution in [0.2, 0.25) is 0 Å². The van der Waals surface area contributed by atoms with Gasteiger partial charge < -0.3 is 20.1 Å². The van der Waals surface area contributed by atoms with E-state index in [0.717, 1.165) is 31.8 Å². The molecule has 2 aliphatic heterocycles. The van der Waals surface area contributed by atoms with Gasteiger partial charge in [0.2, 0.25) is 0 Å². The number of hydrogen-bond acceptors (Lipinski definition) is 3. The molecule has 5 nitrogen and oxygen atoms in total. The van der Waals surface area contributed by atoms with Crippen LogP contribution in [0.25, 0.3) is 0 Å². The Balaban J connectivity index is 1.48. The maximum absolute atomic E-state index is 6.20. The SMILES string of the molecule is CC1CCC2(CC1)OCC(CN=C(N)N1CCCCCC1)O2. The molecule has 1 spiro atoms. The fourth-order valence-electron chi connectivity index (χ4n) is 3.77. The molecule has 0 aromatic carbocycles. The van der Waals surface area contributed by atoms with Gasteiger partial charge in [-0.25, -0.2) is 0 Å². The van der Waals surface area contributed by atoms with Gasteiger partial charge in [0.25, 0.3) is 0 Å². The maximum atomic E-state index is 6.20. The lowest BCUT2D eigenvalue weighted by molar-refractivity contribution is -0.190. The molecule has 2 N–H and O–H groups in total. The van der Waals surface area contributed by atoms with E-state index in [9.17, 15) is 0 Å². The molecular formula is C17H31N3O2. The van der Waals surface area contributed by atoms with Crippen LogP contribution < -0.4 is 5.73 Å².